The van der Waals surface area contributed by atoms with Crippen molar-refractivity contribution in [3.8, 4) is 0 Å². The summed E-state index contributed by atoms with van der Waals surface area (Å²) >= 11 is -1.44. The van der Waals surface area contributed by atoms with Gasteiger partial charge in [-0.15, -0.1) is 0 Å². The van der Waals surface area contributed by atoms with Crippen molar-refractivity contribution in [3.05, 3.63) is 100 Å². The molecule has 3 aromatic rings. The van der Waals surface area contributed by atoms with Gasteiger partial charge in [0.15, 0.2) is 0 Å². The van der Waals surface area contributed by atoms with E-state index in [0.29, 0.717) is 6.61 Å². The molecular weight excluding hydrogens is 415 g/mol. The van der Waals surface area contributed by atoms with E-state index in [1.165, 1.54) is 18.3 Å². The van der Waals surface area contributed by atoms with Gasteiger partial charge in [-0.3, -0.25) is 0 Å². The van der Waals surface area contributed by atoms with Gasteiger partial charge < -0.3 is 0 Å². The van der Waals surface area contributed by atoms with E-state index in [-0.39, 0.29) is 10.9 Å². The molecule has 0 spiro atoms. The van der Waals surface area contributed by atoms with Crippen LogP contribution in [0.2, 0.25) is 0 Å². The van der Waals surface area contributed by atoms with Crippen molar-refractivity contribution >= 4 is 39.5 Å². The first kappa shape index (κ1) is 19.8. The first-order valence-corrected chi connectivity index (χ1v) is 13.7. The summed E-state index contributed by atoms with van der Waals surface area (Å²) in [6.45, 7) is 2.75. The number of hydrogen-bond donors (Lipinski definition) is 0. The zero-order valence-corrected chi connectivity index (χ0v) is 18.6. The molecule has 3 heteroatoms. The average molecular weight is 441 g/mol. The summed E-state index contributed by atoms with van der Waals surface area (Å²) in [5.74, 6) is 1.07. The van der Waals surface area contributed by atoms with Crippen LogP contribution in [0.1, 0.15) is 12.5 Å². The minimum atomic E-state index is -1.44. The van der Waals surface area contributed by atoms with Gasteiger partial charge in [-0.1, -0.05) is 0 Å². The molecule has 0 radical (unpaired) electrons. The van der Waals surface area contributed by atoms with E-state index in [0.717, 1.165) is 5.76 Å². The molecule has 0 unspecified atom stereocenters. The molecule has 0 saturated carbocycles. The summed E-state index contributed by atoms with van der Waals surface area (Å²) in [6.07, 6.45) is 4.64. The molecule has 0 atom stereocenters. The van der Waals surface area contributed by atoms with E-state index in [2.05, 4.69) is 110 Å². The molecule has 0 aliphatic rings. The third-order valence-electron chi connectivity index (χ3n) is 4.02. The molecule has 0 heterocycles. The second-order valence-electron chi connectivity index (χ2n) is 6.16. The molecule has 3 rings (SSSR count). The fourth-order valence-electron chi connectivity index (χ4n) is 2.90. The van der Waals surface area contributed by atoms with E-state index in [4.69, 9.17) is 4.74 Å². The van der Waals surface area contributed by atoms with E-state index >= 15 is 0 Å². The van der Waals surface area contributed by atoms with Crippen molar-refractivity contribution in [2.75, 3.05) is 19.1 Å². The Hall–Kier alpha value is -1.93. The van der Waals surface area contributed by atoms with Crippen molar-refractivity contribution in [2.45, 2.75) is 6.92 Å². The van der Waals surface area contributed by atoms with Gasteiger partial charge in [0.1, 0.15) is 0 Å². The minimum absolute atomic E-state index is 0.0937. The Morgan fingerprint density at radius 1 is 0.741 bits per heavy atom. The summed E-state index contributed by atoms with van der Waals surface area (Å²) in [6, 6.07) is 32.5. The summed E-state index contributed by atoms with van der Waals surface area (Å²) in [5, 5.41) is 0. The normalized spacial score (nSPS) is 12.2. The Labute approximate surface area is 170 Å². The Kier molecular flexibility index (Phi) is 7.23. The predicted octanol–water partition coefficient (Wildman–Crippen LogP) is 4.12. The van der Waals surface area contributed by atoms with Gasteiger partial charge >= 0.3 is 171 Å². The topological polar surface area (TPSA) is 9.23 Å². The molecule has 0 bridgehead atoms. The van der Waals surface area contributed by atoms with Crippen LogP contribution in [0, 0.1) is 0 Å². The van der Waals surface area contributed by atoms with Crippen molar-refractivity contribution in [2.24, 2.45) is 0 Å². The maximum absolute atomic E-state index is 6.29. The molecule has 3 aromatic carbocycles. The quantitative estimate of drug-likeness (QED) is 0.305. The van der Waals surface area contributed by atoms with Crippen LogP contribution in [0.5, 0.6) is 0 Å². The summed E-state index contributed by atoms with van der Waals surface area (Å²) in [5.41, 5.74) is 1.18. The third kappa shape index (κ3) is 4.87. The Morgan fingerprint density at radius 3 is 1.59 bits per heavy atom. The molecule has 138 valence electrons. The summed E-state index contributed by atoms with van der Waals surface area (Å²) in [4.78, 5) is 0. The SMILES string of the molecule is CCO/C(=C(\[S+](C)C)[Se+](c1ccccc1)c1ccccc1)c1ccccc1. The van der Waals surface area contributed by atoms with Crippen LogP contribution >= 0.6 is 0 Å². The summed E-state index contributed by atoms with van der Waals surface area (Å²) in [7, 11) is 0.0937. The Morgan fingerprint density at radius 2 is 1.19 bits per heavy atom. The fraction of sp³-hybridized carbons (Fsp3) is 0.167. The Balaban J connectivity index is 2.27. The molecule has 0 fully saturated rings. The molecule has 0 amide bonds. The van der Waals surface area contributed by atoms with Gasteiger partial charge in [0.05, 0.1) is 0 Å². The van der Waals surface area contributed by atoms with Gasteiger partial charge in [0.2, 0.25) is 0 Å². The van der Waals surface area contributed by atoms with Crippen LogP contribution in [-0.2, 0) is 15.6 Å². The van der Waals surface area contributed by atoms with E-state index < -0.39 is 13.9 Å². The standard InChI is InChI=1S/C24H26OSSe/c1-4-25-23(20-14-8-5-9-15-20)24(26(2)3)27(21-16-10-6-11-17-21)22-18-12-7-13-19-22/h5-19H,4H2,1-3H3/q+2/b24-23+. The van der Waals surface area contributed by atoms with Crippen molar-refractivity contribution in [3.63, 3.8) is 0 Å². The van der Waals surface area contributed by atoms with E-state index in [1.807, 2.05) is 0 Å². The van der Waals surface area contributed by atoms with Gasteiger partial charge in [-0.05, 0) is 0 Å². The number of benzene rings is 3. The van der Waals surface area contributed by atoms with Crippen molar-refractivity contribution in [1.82, 2.24) is 0 Å². The maximum atomic E-state index is 6.29. The van der Waals surface area contributed by atoms with E-state index in [9.17, 15) is 0 Å². The second kappa shape index (κ2) is 9.85. The number of ether oxygens (including phenoxy) is 1. The summed E-state index contributed by atoms with van der Waals surface area (Å²) < 4.78 is 10.6. The van der Waals surface area contributed by atoms with Crippen LogP contribution in [0.3, 0.4) is 0 Å². The van der Waals surface area contributed by atoms with E-state index in [1.54, 1.807) is 0 Å². The molecular formula is C24H26OSSe+2. The van der Waals surface area contributed by atoms with Crippen LogP contribution in [0.4, 0.5) is 0 Å². The first-order chi connectivity index (χ1) is 13.2. The number of rotatable bonds is 7. The van der Waals surface area contributed by atoms with Crippen LogP contribution < -0.4 is 8.92 Å². The van der Waals surface area contributed by atoms with Crippen molar-refractivity contribution in [1.29, 1.82) is 0 Å². The first-order valence-electron chi connectivity index (χ1n) is 9.06. The monoisotopic (exact) mass is 442 g/mol. The Bertz CT molecular complexity index is 821. The molecule has 0 saturated heterocycles. The van der Waals surface area contributed by atoms with Crippen LogP contribution in [0.25, 0.3) is 5.76 Å². The predicted molar refractivity (Wildman–Crippen MR) is 122 cm³/mol. The van der Waals surface area contributed by atoms with Gasteiger partial charge in [0, 0.05) is 0 Å². The fourth-order valence-corrected chi connectivity index (χ4v) is 10.9. The number of hydrogen-bond acceptors (Lipinski definition) is 1. The zero-order chi connectivity index (χ0) is 19.1. The zero-order valence-electron chi connectivity index (χ0n) is 16.1. The van der Waals surface area contributed by atoms with Gasteiger partial charge in [-0.2, -0.15) is 0 Å². The van der Waals surface area contributed by atoms with Gasteiger partial charge in [0.25, 0.3) is 0 Å². The molecule has 0 N–H and O–H groups in total. The van der Waals surface area contributed by atoms with Crippen molar-refractivity contribution < 1.29 is 4.74 Å². The molecule has 0 aliphatic heterocycles. The third-order valence-corrected chi connectivity index (χ3v) is 12.2. The molecule has 1 nitrogen and oxygen atoms in total. The molecule has 0 aliphatic carbocycles. The molecule has 0 aromatic heterocycles. The molecule has 27 heavy (non-hydrogen) atoms. The average Bonchev–Trinajstić information content (AvgIpc) is 2.72. The van der Waals surface area contributed by atoms with Crippen LogP contribution in [-0.4, -0.2) is 33.0 Å². The van der Waals surface area contributed by atoms with Crippen LogP contribution in [0.15, 0.2) is 94.8 Å². The van der Waals surface area contributed by atoms with Gasteiger partial charge in [-0.25, -0.2) is 0 Å². The second-order valence-corrected chi connectivity index (χ2v) is 12.9.